The summed E-state index contributed by atoms with van der Waals surface area (Å²) in [6.45, 7) is 8.63. The Kier molecular flexibility index (Phi) is 11.8. The van der Waals surface area contributed by atoms with E-state index in [9.17, 15) is 22.8 Å². The van der Waals surface area contributed by atoms with E-state index in [2.05, 4.69) is 29.3 Å². The maximum absolute atomic E-state index is 13.3. The molecule has 45 heavy (non-hydrogen) atoms. The van der Waals surface area contributed by atoms with Crippen molar-refractivity contribution in [2.45, 2.75) is 89.5 Å². The van der Waals surface area contributed by atoms with Gasteiger partial charge in [0.2, 0.25) is 0 Å². The normalized spacial score (nSPS) is 15.9. The minimum Gasteiger partial charge on any atom is -0.463 e. The number of rotatable bonds is 13. The number of amides is 1. The van der Waals surface area contributed by atoms with Gasteiger partial charge in [-0.1, -0.05) is 74.0 Å². The molecule has 0 bridgehead atoms. The highest BCUT2D eigenvalue weighted by atomic mass is 19.4. The van der Waals surface area contributed by atoms with E-state index in [1.54, 1.807) is 24.3 Å². The number of carbonyl (C=O) groups excluding carboxylic acids is 2. The topological polar surface area (TPSA) is 58.6 Å². The number of hydrogen-bond donors (Lipinski definition) is 1. The molecule has 0 aliphatic carbocycles. The van der Waals surface area contributed by atoms with E-state index in [0.29, 0.717) is 23.1 Å². The lowest BCUT2D eigenvalue weighted by Gasteiger charge is -2.34. The van der Waals surface area contributed by atoms with Crippen molar-refractivity contribution in [2.75, 3.05) is 19.6 Å². The maximum atomic E-state index is 13.3. The standard InChI is InChI=1S/C37H45F3N2O3/c1-4-36(26-34(43)45-27(2)3,29-12-6-5-7-13-29)22-10-11-23-42-24-20-31(21-25-42)41-35(44)33-15-9-8-14-32(33)28-16-18-30(19-17-28)37(38,39)40/h5-9,12-19,27,31H,4,10-11,20-26H2,1-3H3,(H,41,44). The van der Waals surface area contributed by atoms with Crippen LogP contribution in [0, 0.1) is 0 Å². The first-order valence-corrected chi connectivity index (χ1v) is 16.1. The summed E-state index contributed by atoms with van der Waals surface area (Å²) in [7, 11) is 0. The van der Waals surface area contributed by atoms with Gasteiger partial charge < -0.3 is 15.0 Å². The minimum absolute atomic E-state index is 0.0344. The highest BCUT2D eigenvalue weighted by Gasteiger charge is 2.34. The lowest BCUT2D eigenvalue weighted by molar-refractivity contribution is -0.149. The molecule has 3 aromatic carbocycles. The van der Waals surface area contributed by atoms with Crippen molar-refractivity contribution in [3.63, 3.8) is 0 Å². The van der Waals surface area contributed by atoms with E-state index in [4.69, 9.17) is 4.74 Å². The fraction of sp³-hybridized carbons (Fsp3) is 0.459. The molecule has 8 heteroatoms. The summed E-state index contributed by atoms with van der Waals surface area (Å²) in [5.74, 6) is -0.362. The molecule has 1 aliphatic heterocycles. The van der Waals surface area contributed by atoms with Crippen molar-refractivity contribution in [3.8, 4) is 11.1 Å². The summed E-state index contributed by atoms with van der Waals surface area (Å²) in [6, 6.07) is 22.3. The third-order valence-corrected chi connectivity index (χ3v) is 8.91. The predicted molar refractivity (Wildman–Crippen MR) is 172 cm³/mol. The molecule has 0 radical (unpaired) electrons. The Morgan fingerprint density at radius 1 is 0.889 bits per heavy atom. The number of unbranched alkanes of at least 4 members (excludes halogenated alkanes) is 1. The number of benzene rings is 3. The van der Waals surface area contributed by atoms with Crippen LogP contribution in [-0.2, 0) is 21.1 Å². The number of piperidine rings is 1. The van der Waals surface area contributed by atoms with Gasteiger partial charge in [-0.3, -0.25) is 9.59 Å². The number of nitrogens with one attached hydrogen (secondary N) is 1. The van der Waals surface area contributed by atoms with Gasteiger partial charge in [0, 0.05) is 30.1 Å². The Morgan fingerprint density at radius 2 is 1.53 bits per heavy atom. The number of esters is 1. The Labute approximate surface area is 265 Å². The van der Waals surface area contributed by atoms with E-state index in [1.807, 2.05) is 32.0 Å². The summed E-state index contributed by atoms with van der Waals surface area (Å²) in [5, 5.41) is 3.16. The van der Waals surface area contributed by atoms with E-state index in [0.717, 1.165) is 70.3 Å². The number of ether oxygens (including phenoxy) is 1. The van der Waals surface area contributed by atoms with Crippen molar-refractivity contribution in [3.05, 3.63) is 95.6 Å². The third kappa shape index (κ3) is 9.42. The van der Waals surface area contributed by atoms with Gasteiger partial charge in [-0.2, -0.15) is 13.2 Å². The van der Waals surface area contributed by atoms with Gasteiger partial charge in [-0.15, -0.1) is 0 Å². The number of nitrogens with zero attached hydrogens (tertiary/aromatic N) is 1. The second kappa shape index (κ2) is 15.6. The van der Waals surface area contributed by atoms with Gasteiger partial charge in [0.25, 0.3) is 5.91 Å². The fourth-order valence-corrected chi connectivity index (χ4v) is 6.35. The van der Waals surface area contributed by atoms with Crippen molar-refractivity contribution >= 4 is 11.9 Å². The molecule has 0 aromatic heterocycles. The molecule has 1 atom stereocenters. The largest absolute Gasteiger partial charge is 0.463 e. The van der Waals surface area contributed by atoms with Crippen LogP contribution in [0.4, 0.5) is 13.2 Å². The molecule has 3 aromatic rings. The van der Waals surface area contributed by atoms with E-state index < -0.39 is 11.7 Å². The van der Waals surface area contributed by atoms with Crippen LogP contribution in [0.1, 0.15) is 87.2 Å². The smallest absolute Gasteiger partial charge is 0.416 e. The molecular formula is C37H45F3N2O3. The average molecular weight is 623 g/mol. The number of hydrogen-bond acceptors (Lipinski definition) is 4. The van der Waals surface area contributed by atoms with Crippen molar-refractivity contribution in [2.24, 2.45) is 0 Å². The number of carbonyl (C=O) groups is 2. The zero-order chi connectivity index (χ0) is 32.5. The molecule has 1 fully saturated rings. The first-order chi connectivity index (χ1) is 21.5. The van der Waals surface area contributed by atoms with Crippen LogP contribution >= 0.6 is 0 Å². The zero-order valence-corrected chi connectivity index (χ0v) is 26.5. The quantitative estimate of drug-likeness (QED) is 0.154. The number of alkyl halides is 3. The van der Waals surface area contributed by atoms with Crippen molar-refractivity contribution < 1.29 is 27.5 Å². The van der Waals surface area contributed by atoms with Crippen molar-refractivity contribution in [1.82, 2.24) is 10.2 Å². The summed E-state index contributed by atoms with van der Waals surface area (Å²) in [6.07, 6.45) is 1.28. The van der Waals surface area contributed by atoms with Crippen LogP contribution in [0.2, 0.25) is 0 Å². The van der Waals surface area contributed by atoms with Crippen molar-refractivity contribution in [1.29, 1.82) is 0 Å². The molecule has 242 valence electrons. The predicted octanol–water partition coefficient (Wildman–Crippen LogP) is 8.43. The molecule has 1 unspecified atom stereocenters. The second-order valence-electron chi connectivity index (χ2n) is 12.4. The van der Waals surface area contributed by atoms with Crippen LogP contribution in [0.3, 0.4) is 0 Å². The third-order valence-electron chi connectivity index (χ3n) is 8.91. The molecule has 5 nitrogen and oxygen atoms in total. The van der Waals surface area contributed by atoms with Gasteiger partial charge in [0.15, 0.2) is 0 Å². The maximum Gasteiger partial charge on any atom is 0.416 e. The first kappa shape index (κ1) is 34.2. The Morgan fingerprint density at radius 3 is 2.16 bits per heavy atom. The molecule has 0 spiro atoms. The number of likely N-dealkylation sites (tertiary alicyclic amines) is 1. The highest BCUT2D eigenvalue weighted by Crippen LogP contribution is 2.38. The van der Waals surface area contributed by atoms with Crippen LogP contribution in [-0.4, -0.2) is 48.6 Å². The van der Waals surface area contributed by atoms with E-state index in [1.165, 1.54) is 17.7 Å². The van der Waals surface area contributed by atoms with Crippen LogP contribution in [0.25, 0.3) is 11.1 Å². The van der Waals surface area contributed by atoms with Crippen LogP contribution in [0.5, 0.6) is 0 Å². The Balaban J connectivity index is 1.28. The van der Waals surface area contributed by atoms with Gasteiger partial charge in [0.05, 0.1) is 18.1 Å². The molecule has 1 heterocycles. The average Bonchev–Trinajstić information content (AvgIpc) is 3.03. The minimum atomic E-state index is -4.41. The molecule has 1 saturated heterocycles. The molecule has 1 amide bonds. The zero-order valence-electron chi connectivity index (χ0n) is 26.5. The van der Waals surface area contributed by atoms with Crippen LogP contribution in [0.15, 0.2) is 78.9 Å². The fourth-order valence-electron chi connectivity index (χ4n) is 6.35. The van der Waals surface area contributed by atoms with E-state index >= 15 is 0 Å². The van der Waals surface area contributed by atoms with Gasteiger partial charge in [0.1, 0.15) is 0 Å². The lowest BCUT2D eigenvalue weighted by Crippen LogP contribution is -2.45. The summed E-state index contributed by atoms with van der Waals surface area (Å²) in [5.41, 5.74) is 1.85. The van der Waals surface area contributed by atoms with Gasteiger partial charge in [-0.05, 0) is 87.4 Å². The SMILES string of the molecule is CCC(CCCCN1CCC(NC(=O)c2ccccc2-c2ccc(C(F)(F)F)cc2)CC1)(CC(=O)OC(C)C)c1ccccc1. The van der Waals surface area contributed by atoms with Gasteiger partial charge in [-0.25, -0.2) is 0 Å². The lowest BCUT2D eigenvalue weighted by atomic mass is 9.72. The molecule has 0 saturated carbocycles. The van der Waals surface area contributed by atoms with E-state index in [-0.39, 0.29) is 29.4 Å². The Bertz CT molecular complexity index is 1380. The number of halogens is 3. The summed E-state index contributed by atoms with van der Waals surface area (Å²) in [4.78, 5) is 28.4. The summed E-state index contributed by atoms with van der Waals surface area (Å²) >= 11 is 0. The molecule has 4 rings (SSSR count). The first-order valence-electron chi connectivity index (χ1n) is 16.1. The highest BCUT2D eigenvalue weighted by molar-refractivity contribution is 6.01. The molecule has 1 aliphatic rings. The molecular weight excluding hydrogens is 577 g/mol. The summed E-state index contributed by atoms with van der Waals surface area (Å²) < 4.78 is 44.6. The monoisotopic (exact) mass is 622 g/mol. The second-order valence-corrected chi connectivity index (χ2v) is 12.4. The van der Waals surface area contributed by atoms with Crippen LogP contribution < -0.4 is 5.32 Å². The van der Waals surface area contributed by atoms with Gasteiger partial charge >= 0.3 is 12.1 Å². The molecule has 1 N–H and O–H groups in total. The Hall–Kier alpha value is -3.65.